The van der Waals surface area contributed by atoms with Crippen molar-refractivity contribution in [2.24, 2.45) is 5.92 Å². The minimum Gasteiger partial charge on any atom is -0.356 e. The van der Waals surface area contributed by atoms with Gasteiger partial charge in [0.1, 0.15) is 5.69 Å². The van der Waals surface area contributed by atoms with Crippen LogP contribution in [0.1, 0.15) is 23.3 Å². The number of fused-ring (bicyclic) bond motifs is 1. The van der Waals surface area contributed by atoms with E-state index < -0.39 is 0 Å². The van der Waals surface area contributed by atoms with Crippen LogP contribution < -0.4 is 5.32 Å². The summed E-state index contributed by atoms with van der Waals surface area (Å²) in [5, 5.41) is 3.51. The first kappa shape index (κ1) is 11.3. The Morgan fingerprint density at radius 3 is 3.06 bits per heavy atom. The second-order valence-corrected chi connectivity index (χ2v) is 5.82. The molecule has 2 atom stereocenters. The van der Waals surface area contributed by atoms with E-state index >= 15 is 0 Å². The van der Waals surface area contributed by atoms with Gasteiger partial charge in [0.25, 0.3) is 5.91 Å². The fourth-order valence-electron chi connectivity index (χ4n) is 2.87. The SMILES string of the molecule is O=C(c1cc(Br)c[nH]1)N1CC2CCCNC2C1. The summed E-state index contributed by atoms with van der Waals surface area (Å²) < 4.78 is 0.926. The van der Waals surface area contributed by atoms with Gasteiger partial charge in [-0.25, -0.2) is 0 Å². The van der Waals surface area contributed by atoms with Crippen molar-refractivity contribution >= 4 is 21.8 Å². The Labute approximate surface area is 109 Å². The van der Waals surface area contributed by atoms with Crippen LogP contribution in [0.25, 0.3) is 0 Å². The lowest BCUT2D eigenvalue weighted by Crippen LogP contribution is -2.41. The summed E-state index contributed by atoms with van der Waals surface area (Å²) in [6.45, 7) is 2.84. The number of nitrogens with one attached hydrogen (secondary N) is 2. The molecular formula is C12H16BrN3O. The molecule has 1 aromatic heterocycles. The lowest BCUT2D eigenvalue weighted by atomic mass is 9.94. The molecule has 0 spiro atoms. The van der Waals surface area contributed by atoms with E-state index in [4.69, 9.17) is 0 Å². The third kappa shape index (κ3) is 2.13. The third-order valence-electron chi connectivity index (χ3n) is 3.76. The topological polar surface area (TPSA) is 48.1 Å². The van der Waals surface area contributed by atoms with Gasteiger partial charge in [0.15, 0.2) is 0 Å². The van der Waals surface area contributed by atoms with Crippen molar-refractivity contribution in [1.82, 2.24) is 15.2 Å². The molecule has 2 saturated heterocycles. The summed E-state index contributed by atoms with van der Waals surface area (Å²) in [7, 11) is 0. The molecule has 1 aromatic rings. The van der Waals surface area contributed by atoms with Crippen LogP contribution in [0.15, 0.2) is 16.7 Å². The van der Waals surface area contributed by atoms with E-state index in [2.05, 4.69) is 26.2 Å². The lowest BCUT2D eigenvalue weighted by Gasteiger charge is -2.24. The number of carbonyl (C=O) groups is 1. The van der Waals surface area contributed by atoms with Crippen LogP contribution in [0.4, 0.5) is 0 Å². The molecule has 1 amide bonds. The van der Waals surface area contributed by atoms with E-state index in [1.165, 1.54) is 12.8 Å². The normalized spacial score (nSPS) is 28.2. The molecule has 3 heterocycles. The zero-order chi connectivity index (χ0) is 11.8. The van der Waals surface area contributed by atoms with Crippen LogP contribution >= 0.6 is 15.9 Å². The summed E-state index contributed by atoms with van der Waals surface area (Å²) in [6, 6.07) is 2.35. The van der Waals surface area contributed by atoms with E-state index in [1.54, 1.807) is 6.20 Å². The smallest absolute Gasteiger partial charge is 0.270 e. The number of hydrogen-bond donors (Lipinski definition) is 2. The van der Waals surface area contributed by atoms with E-state index in [0.29, 0.717) is 17.7 Å². The minimum absolute atomic E-state index is 0.118. The molecule has 0 aromatic carbocycles. The summed E-state index contributed by atoms with van der Waals surface area (Å²) in [6.07, 6.45) is 4.28. The van der Waals surface area contributed by atoms with Gasteiger partial charge in [-0.1, -0.05) is 0 Å². The number of rotatable bonds is 1. The standard InChI is InChI=1S/C12H16BrN3O/c13-9-4-10(15-5-9)12(17)16-6-8-2-1-3-14-11(8)7-16/h4-5,8,11,14-15H,1-3,6-7H2. The molecule has 2 aliphatic heterocycles. The Morgan fingerprint density at radius 2 is 2.35 bits per heavy atom. The molecular weight excluding hydrogens is 282 g/mol. The maximum Gasteiger partial charge on any atom is 0.270 e. The van der Waals surface area contributed by atoms with Crippen LogP contribution in [-0.4, -0.2) is 41.5 Å². The second-order valence-electron chi connectivity index (χ2n) is 4.90. The highest BCUT2D eigenvalue weighted by atomic mass is 79.9. The predicted octanol–water partition coefficient (Wildman–Crippen LogP) is 1.60. The molecule has 2 N–H and O–H groups in total. The van der Waals surface area contributed by atoms with Gasteiger partial charge in [-0.05, 0) is 47.3 Å². The van der Waals surface area contributed by atoms with Gasteiger partial charge in [0.2, 0.25) is 0 Å². The van der Waals surface area contributed by atoms with Crippen LogP contribution in [0.3, 0.4) is 0 Å². The largest absolute Gasteiger partial charge is 0.356 e. The number of aromatic nitrogens is 1. The van der Waals surface area contributed by atoms with E-state index in [-0.39, 0.29) is 5.91 Å². The Morgan fingerprint density at radius 1 is 1.47 bits per heavy atom. The van der Waals surface area contributed by atoms with Crippen molar-refractivity contribution in [1.29, 1.82) is 0 Å². The number of likely N-dealkylation sites (tertiary alicyclic amines) is 1. The van der Waals surface area contributed by atoms with Crippen molar-refractivity contribution < 1.29 is 4.79 Å². The summed E-state index contributed by atoms with van der Waals surface area (Å²) in [4.78, 5) is 17.2. The summed E-state index contributed by atoms with van der Waals surface area (Å²) >= 11 is 3.36. The van der Waals surface area contributed by atoms with Crippen LogP contribution in [0.5, 0.6) is 0 Å². The quantitative estimate of drug-likeness (QED) is 0.827. The number of piperidine rings is 1. The Balaban J connectivity index is 1.71. The Kier molecular flexibility index (Phi) is 2.96. The van der Waals surface area contributed by atoms with Gasteiger partial charge in [-0.2, -0.15) is 0 Å². The molecule has 0 bridgehead atoms. The highest BCUT2D eigenvalue weighted by molar-refractivity contribution is 9.10. The molecule has 2 aliphatic rings. The Hall–Kier alpha value is -0.810. The highest BCUT2D eigenvalue weighted by Gasteiger charge is 2.36. The summed E-state index contributed by atoms with van der Waals surface area (Å²) in [5.41, 5.74) is 0.676. The third-order valence-corrected chi connectivity index (χ3v) is 4.22. The molecule has 92 valence electrons. The average molecular weight is 298 g/mol. The Bertz CT molecular complexity index is 417. The van der Waals surface area contributed by atoms with E-state index in [0.717, 1.165) is 24.1 Å². The van der Waals surface area contributed by atoms with Gasteiger partial charge < -0.3 is 15.2 Å². The van der Waals surface area contributed by atoms with Crippen molar-refractivity contribution in [3.05, 3.63) is 22.4 Å². The fourth-order valence-corrected chi connectivity index (χ4v) is 3.22. The van der Waals surface area contributed by atoms with Crippen molar-refractivity contribution in [3.63, 3.8) is 0 Å². The van der Waals surface area contributed by atoms with Gasteiger partial charge in [-0.15, -0.1) is 0 Å². The molecule has 5 heteroatoms. The first-order valence-corrected chi connectivity index (χ1v) is 6.90. The fraction of sp³-hybridized carbons (Fsp3) is 0.583. The highest BCUT2D eigenvalue weighted by Crippen LogP contribution is 2.26. The number of aromatic amines is 1. The minimum atomic E-state index is 0.118. The zero-order valence-electron chi connectivity index (χ0n) is 9.58. The number of amides is 1. The van der Waals surface area contributed by atoms with Crippen LogP contribution in [0.2, 0.25) is 0 Å². The molecule has 0 radical (unpaired) electrons. The first-order chi connectivity index (χ1) is 8.24. The van der Waals surface area contributed by atoms with Crippen LogP contribution in [-0.2, 0) is 0 Å². The maximum absolute atomic E-state index is 12.2. The molecule has 17 heavy (non-hydrogen) atoms. The average Bonchev–Trinajstić information content (AvgIpc) is 2.93. The molecule has 2 fully saturated rings. The van der Waals surface area contributed by atoms with Gasteiger partial charge in [-0.3, -0.25) is 4.79 Å². The van der Waals surface area contributed by atoms with Gasteiger partial charge in [0.05, 0.1) is 0 Å². The number of halogens is 1. The van der Waals surface area contributed by atoms with Gasteiger partial charge in [0, 0.05) is 29.8 Å². The zero-order valence-corrected chi connectivity index (χ0v) is 11.2. The maximum atomic E-state index is 12.2. The molecule has 4 nitrogen and oxygen atoms in total. The number of nitrogens with zero attached hydrogens (tertiary/aromatic N) is 1. The molecule has 3 rings (SSSR count). The summed E-state index contributed by atoms with van der Waals surface area (Å²) in [5.74, 6) is 0.762. The predicted molar refractivity (Wildman–Crippen MR) is 68.9 cm³/mol. The lowest BCUT2D eigenvalue weighted by molar-refractivity contribution is 0.0780. The van der Waals surface area contributed by atoms with Crippen molar-refractivity contribution in [2.75, 3.05) is 19.6 Å². The second kappa shape index (κ2) is 4.46. The monoisotopic (exact) mass is 297 g/mol. The van der Waals surface area contributed by atoms with Crippen LogP contribution in [0, 0.1) is 5.92 Å². The van der Waals surface area contributed by atoms with Crippen molar-refractivity contribution in [3.8, 4) is 0 Å². The molecule has 0 aliphatic carbocycles. The van der Waals surface area contributed by atoms with E-state index in [9.17, 15) is 4.79 Å². The molecule has 2 unspecified atom stereocenters. The number of H-pyrrole nitrogens is 1. The van der Waals surface area contributed by atoms with Gasteiger partial charge >= 0.3 is 0 Å². The van der Waals surface area contributed by atoms with E-state index in [1.807, 2.05) is 11.0 Å². The number of carbonyl (C=O) groups excluding carboxylic acids is 1. The first-order valence-electron chi connectivity index (χ1n) is 6.10. The van der Waals surface area contributed by atoms with Crippen molar-refractivity contribution in [2.45, 2.75) is 18.9 Å². The number of hydrogen-bond acceptors (Lipinski definition) is 2. The molecule has 0 saturated carbocycles.